The van der Waals surface area contributed by atoms with Gasteiger partial charge in [0, 0.05) is 6.42 Å². The molecule has 1 aliphatic rings. The van der Waals surface area contributed by atoms with E-state index < -0.39 is 0 Å². The Morgan fingerprint density at radius 3 is 2.85 bits per heavy atom. The highest BCUT2D eigenvalue weighted by atomic mass is 15.0. The molecular formula is C11H16N2. The zero-order chi connectivity index (χ0) is 9.57. The number of piperidine rings is 1. The van der Waals surface area contributed by atoms with Crippen molar-refractivity contribution >= 4 is 0 Å². The van der Waals surface area contributed by atoms with E-state index >= 15 is 0 Å². The molecule has 1 aliphatic heterocycles. The smallest absolute Gasteiger partial charge is 0.106 e. The number of rotatable bonds is 3. The Morgan fingerprint density at radius 1 is 1.46 bits per heavy atom. The summed E-state index contributed by atoms with van der Waals surface area (Å²) in [6.07, 6.45) is 11.1. The van der Waals surface area contributed by atoms with E-state index in [4.69, 9.17) is 11.7 Å². The van der Waals surface area contributed by atoms with Gasteiger partial charge >= 0.3 is 0 Å². The molecule has 0 aromatic carbocycles. The first kappa shape index (κ1) is 10.1. The Kier molecular flexibility index (Phi) is 3.80. The second-order valence-corrected chi connectivity index (χ2v) is 3.64. The predicted molar refractivity (Wildman–Crippen MR) is 52.9 cm³/mol. The molecular weight excluding hydrogens is 160 g/mol. The van der Waals surface area contributed by atoms with Crippen molar-refractivity contribution < 1.29 is 0 Å². The van der Waals surface area contributed by atoms with Gasteiger partial charge in [-0.2, -0.15) is 5.26 Å². The number of hydrogen-bond acceptors (Lipinski definition) is 2. The number of nitrogens with one attached hydrogen (secondary N) is 1. The minimum absolute atomic E-state index is 0.269. The van der Waals surface area contributed by atoms with Crippen LogP contribution in [0.4, 0.5) is 0 Å². The highest BCUT2D eigenvalue weighted by Gasteiger charge is 2.30. The highest BCUT2D eigenvalue weighted by molar-refractivity contribution is 5.08. The van der Waals surface area contributed by atoms with Crippen LogP contribution < -0.4 is 5.32 Å². The van der Waals surface area contributed by atoms with Crippen LogP contribution in [0.5, 0.6) is 0 Å². The number of nitriles is 1. The molecule has 0 radical (unpaired) electrons. The minimum atomic E-state index is -0.269. The summed E-state index contributed by atoms with van der Waals surface area (Å²) < 4.78 is 0. The topological polar surface area (TPSA) is 35.8 Å². The van der Waals surface area contributed by atoms with Gasteiger partial charge in [-0.25, -0.2) is 0 Å². The van der Waals surface area contributed by atoms with E-state index in [9.17, 15) is 0 Å². The van der Waals surface area contributed by atoms with Gasteiger partial charge in [0.1, 0.15) is 5.54 Å². The summed E-state index contributed by atoms with van der Waals surface area (Å²) in [6.45, 7) is 0.976. The first-order chi connectivity index (χ1) is 6.33. The molecule has 0 aromatic heterocycles. The molecule has 0 aliphatic carbocycles. The van der Waals surface area contributed by atoms with Crippen molar-refractivity contribution in [3.05, 3.63) is 0 Å². The Balaban J connectivity index is 2.40. The lowest BCUT2D eigenvalue weighted by Gasteiger charge is -2.31. The molecule has 0 aromatic rings. The van der Waals surface area contributed by atoms with Gasteiger partial charge in [0.25, 0.3) is 0 Å². The molecule has 0 spiro atoms. The van der Waals surface area contributed by atoms with Gasteiger partial charge in [-0.15, -0.1) is 12.3 Å². The zero-order valence-electron chi connectivity index (χ0n) is 7.97. The molecule has 70 valence electrons. The number of terminal acetylenes is 1. The molecule has 1 unspecified atom stereocenters. The molecule has 0 amide bonds. The van der Waals surface area contributed by atoms with Gasteiger partial charge in [-0.05, 0) is 38.6 Å². The van der Waals surface area contributed by atoms with Gasteiger partial charge in [0.2, 0.25) is 0 Å². The van der Waals surface area contributed by atoms with E-state index in [0.29, 0.717) is 0 Å². The first-order valence-corrected chi connectivity index (χ1v) is 4.93. The molecule has 2 nitrogen and oxygen atoms in total. The molecule has 1 saturated heterocycles. The van der Waals surface area contributed by atoms with Gasteiger partial charge in [0.15, 0.2) is 0 Å². The maximum atomic E-state index is 9.08. The van der Waals surface area contributed by atoms with Gasteiger partial charge in [-0.3, -0.25) is 5.32 Å². The lowest BCUT2D eigenvalue weighted by molar-refractivity contribution is 0.300. The van der Waals surface area contributed by atoms with Crippen molar-refractivity contribution in [2.75, 3.05) is 6.54 Å². The van der Waals surface area contributed by atoms with Crippen LogP contribution in [0.1, 0.15) is 38.5 Å². The molecule has 1 heterocycles. The summed E-state index contributed by atoms with van der Waals surface area (Å²) in [5.74, 6) is 2.61. The molecule has 13 heavy (non-hydrogen) atoms. The highest BCUT2D eigenvalue weighted by Crippen LogP contribution is 2.23. The summed E-state index contributed by atoms with van der Waals surface area (Å²) >= 11 is 0. The summed E-state index contributed by atoms with van der Waals surface area (Å²) in [7, 11) is 0. The van der Waals surface area contributed by atoms with E-state index in [1.807, 2.05) is 0 Å². The third-order valence-electron chi connectivity index (χ3n) is 2.63. The lowest BCUT2D eigenvalue weighted by atomic mass is 9.86. The van der Waals surface area contributed by atoms with Crippen LogP contribution in [0.15, 0.2) is 0 Å². The first-order valence-electron chi connectivity index (χ1n) is 4.93. The number of hydrogen-bond donors (Lipinski definition) is 1. The quantitative estimate of drug-likeness (QED) is 0.526. The Bertz CT molecular complexity index is 225. The fourth-order valence-corrected chi connectivity index (χ4v) is 1.82. The largest absolute Gasteiger partial charge is 0.299 e. The van der Waals surface area contributed by atoms with E-state index in [-0.39, 0.29) is 5.54 Å². The summed E-state index contributed by atoms with van der Waals surface area (Å²) in [5, 5.41) is 12.4. The molecule has 1 rings (SSSR count). The molecule has 0 bridgehead atoms. The third kappa shape index (κ3) is 2.76. The van der Waals surface area contributed by atoms with Crippen LogP contribution in [-0.4, -0.2) is 12.1 Å². The Labute approximate surface area is 80.3 Å². The number of nitrogens with zero attached hydrogens (tertiary/aromatic N) is 1. The molecule has 1 N–H and O–H groups in total. The average Bonchev–Trinajstić information content (AvgIpc) is 2.20. The average molecular weight is 176 g/mol. The lowest BCUT2D eigenvalue weighted by Crippen LogP contribution is -2.47. The van der Waals surface area contributed by atoms with Crippen LogP contribution in [0.25, 0.3) is 0 Å². The fraction of sp³-hybridized carbons (Fsp3) is 0.727. The molecule has 1 atom stereocenters. The van der Waals surface area contributed by atoms with Crippen molar-refractivity contribution in [1.82, 2.24) is 5.32 Å². The number of unbranched alkanes of at least 4 members (excludes halogenated alkanes) is 1. The van der Waals surface area contributed by atoms with E-state index in [1.165, 1.54) is 6.42 Å². The second kappa shape index (κ2) is 4.90. The van der Waals surface area contributed by atoms with Crippen molar-refractivity contribution in [1.29, 1.82) is 5.26 Å². The van der Waals surface area contributed by atoms with E-state index in [1.54, 1.807) is 0 Å². The summed E-state index contributed by atoms with van der Waals surface area (Å²) in [5.41, 5.74) is -0.269. The fourth-order valence-electron chi connectivity index (χ4n) is 1.82. The molecule has 1 fully saturated rings. The van der Waals surface area contributed by atoms with Crippen molar-refractivity contribution in [3.8, 4) is 18.4 Å². The van der Waals surface area contributed by atoms with Gasteiger partial charge < -0.3 is 0 Å². The minimum Gasteiger partial charge on any atom is -0.299 e. The van der Waals surface area contributed by atoms with Crippen LogP contribution in [0.2, 0.25) is 0 Å². The van der Waals surface area contributed by atoms with Crippen molar-refractivity contribution in [2.45, 2.75) is 44.1 Å². The summed E-state index contributed by atoms with van der Waals surface area (Å²) in [4.78, 5) is 0. The van der Waals surface area contributed by atoms with Crippen molar-refractivity contribution in [2.24, 2.45) is 0 Å². The van der Waals surface area contributed by atoms with E-state index in [2.05, 4.69) is 17.3 Å². The van der Waals surface area contributed by atoms with Crippen LogP contribution >= 0.6 is 0 Å². The standard InChI is InChI=1S/C11H16N2/c1-2-3-4-7-11(10-12)8-5-6-9-13-11/h1,13H,3-9H2. The maximum Gasteiger partial charge on any atom is 0.106 e. The molecule has 2 heteroatoms. The van der Waals surface area contributed by atoms with Crippen LogP contribution in [0.3, 0.4) is 0 Å². The third-order valence-corrected chi connectivity index (χ3v) is 2.63. The SMILES string of the molecule is C#CCCCC1(C#N)CCCCN1. The zero-order valence-corrected chi connectivity index (χ0v) is 7.97. The summed E-state index contributed by atoms with van der Waals surface area (Å²) in [6, 6.07) is 2.40. The second-order valence-electron chi connectivity index (χ2n) is 3.64. The van der Waals surface area contributed by atoms with Crippen molar-refractivity contribution in [3.63, 3.8) is 0 Å². The van der Waals surface area contributed by atoms with Gasteiger partial charge in [-0.1, -0.05) is 0 Å². The molecule has 0 saturated carbocycles. The van der Waals surface area contributed by atoms with E-state index in [0.717, 1.165) is 38.6 Å². The van der Waals surface area contributed by atoms with Crippen LogP contribution in [-0.2, 0) is 0 Å². The predicted octanol–water partition coefficient (Wildman–Crippen LogP) is 1.83. The maximum absolute atomic E-state index is 9.08. The normalized spacial score (nSPS) is 27.5. The van der Waals surface area contributed by atoms with Crippen LogP contribution in [0, 0.1) is 23.7 Å². The van der Waals surface area contributed by atoms with Gasteiger partial charge in [0.05, 0.1) is 6.07 Å². The Morgan fingerprint density at radius 2 is 2.31 bits per heavy atom. The monoisotopic (exact) mass is 176 g/mol. The Hall–Kier alpha value is -0.990.